The number of nitro groups is 1. The van der Waals surface area contributed by atoms with Crippen LogP contribution >= 0.6 is 0 Å². The fourth-order valence-electron chi connectivity index (χ4n) is 2.51. The highest BCUT2D eigenvalue weighted by Gasteiger charge is 2.17. The number of hydrogen-bond donors (Lipinski definition) is 0. The average Bonchev–Trinajstić information content (AvgIpc) is 2.71. The Morgan fingerprint density at radius 2 is 1.90 bits per heavy atom. The van der Waals surface area contributed by atoms with Crippen LogP contribution in [0.25, 0.3) is 0 Å². The summed E-state index contributed by atoms with van der Waals surface area (Å²) in [6, 6.07) is 9.34. The van der Waals surface area contributed by atoms with E-state index in [9.17, 15) is 19.7 Å². The highest BCUT2D eigenvalue weighted by atomic mass is 16.6. The Bertz CT molecular complexity index is 937. The smallest absolute Gasteiger partial charge is 0.344 e. The van der Waals surface area contributed by atoms with Crippen molar-refractivity contribution >= 4 is 17.4 Å². The summed E-state index contributed by atoms with van der Waals surface area (Å²) in [6.45, 7) is 4.28. The van der Waals surface area contributed by atoms with Gasteiger partial charge in [0.05, 0.1) is 12.0 Å². The zero-order valence-electron chi connectivity index (χ0n) is 16.2. The molecule has 8 heteroatoms. The van der Waals surface area contributed by atoms with Gasteiger partial charge in [-0.3, -0.25) is 14.9 Å². The van der Waals surface area contributed by atoms with Crippen molar-refractivity contribution in [3.8, 4) is 11.5 Å². The minimum absolute atomic E-state index is 0.0931. The SMILES string of the molecule is C=CCc1ccc(OCC(=O)OCC(=O)c2ccc(C)c([N+](=O)[O-])c2)c(OC)c1. The molecule has 2 aromatic carbocycles. The summed E-state index contributed by atoms with van der Waals surface area (Å²) in [4.78, 5) is 34.4. The predicted octanol–water partition coefficient (Wildman–Crippen LogP) is 3.45. The maximum absolute atomic E-state index is 12.1. The molecule has 0 aliphatic carbocycles. The number of rotatable bonds is 10. The van der Waals surface area contributed by atoms with E-state index >= 15 is 0 Å². The lowest BCUT2D eigenvalue weighted by molar-refractivity contribution is -0.385. The van der Waals surface area contributed by atoms with Crippen molar-refractivity contribution < 1.29 is 28.7 Å². The second-order valence-corrected chi connectivity index (χ2v) is 6.11. The zero-order chi connectivity index (χ0) is 21.4. The van der Waals surface area contributed by atoms with E-state index in [0.717, 1.165) is 11.6 Å². The van der Waals surface area contributed by atoms with Gasteiger partial charge < -0.3 is 14.2 Å². The Balaban J connectivity index is 1.92. The quantitative estimate of drug-likeness (QED) is 0.198. The van der Waals surface area contributed by atoms with E-state index < -0.39 is 29.9 Å². The normalized spacial score (nSPS) is 10.1. The van der Waals surface area contributed by atoms with Crippen LogP contribution < -0.4 is 9.47 Å². The Labute approximate surface area is 167 Å². The lowest BCUT2D eigenvalue weighted by atomic mass is 10.1. The van der Waals surface area contributed by atoms with Gasteiger partial charge in [0.1, 0.15) is 0 Å². The van der Waals surface area contributed by atoms with Gasteiger partial charge in [-0.1, -0.05) is 24.3 Å². The number of Topliss-reactive ketones (excluding diaryl/α,β-unsaturated/α-hetero) is 1. The molecule has 0 unspecified atom stereocenters. The minimum Gasteiger partial charge on any atom is -0.493 e. The van der Waals surface area contributed by atoms with Crippen LogP contribution in [0.4, 0.5) is 5.69 Å². The highest BCUT2D eigenvalue weighted by molar-refractivity contribution is 5.98. The van der Waals surface area contributed by atoms with Crippen LogP contribution in [-0.4, -0.2) is 37.0 Å². The van der Waals surface area contributed by atoms with Gasteiger partial charge in [0.2, 0.25) is 5.78 Å². The second kappa shape index (κ2) is 10.0. The summed E-state index contributed by atoms with van der Waals surface area (Å²) < 4.78 is 15.6. The van der Waals surface area contributed by atoms with Crippen molar-refractivity contribution in [1.29, 1.82) is 0 Å². The van der Waals surface area contributed by atoms with Crippen LogP contribution in [0.2, 0.25) is 0 Å². The van der Waals surface area contributed by atoms with Crippen molar-refractivity contribution in [2.45, 2.75) is 13.3 Å². The van der Waals surface area contributed by atoms with E-state index in [0.29, 0.717) is 23.5 Å². The monoisotopic (exact) mass is 399 g/mol. The molecule has 0 amide bonds. The molecule has 0 aromatic heterocycles. The number of ether oxygens (including phenoxy) is 3. The third kappa shape index (κ3) is 5.90. The second-order valence-electron chi connectivity index (χ2n) is 6.11. The molecule has 0 heterocycles. The van der Waals surface area contributed by atoms with E-state index in [4.69, 9.17) is 14.2 Å². The van der Waals surface area contributed by atoms with Crippen LogP contribution in [0.1, 0.15) is 21.5 Å². The summed E-state index contributed by atoms with van der Waals surface area (Å²) in [5.74, 6) is -0.483. The molecule has 2 rings (SSSR count). The Kier molecular flexibility index (Phi) is 7.47. The molecule has 0 N–H and O–H groups in total. The van der Waals surface area contributed by atoms with Gasteiger partial charge in [-0.05, 0) is 31.0 Å². The molecule has 0 fully saturated rings. The largest absolute Gasteiger partial charge is 0.493 e. The van der Waals surface area contributed by atoms with Crippen molar-refractivity contribution in [2.75, 3.05) is 20.3 Å². The third-order valence-corrected chi connectivity index (χ3v) is 4.05. The zero-order valence-corrected chi connectivity index (χ0v) is 16.2. The first-order chi connectivity index (χ1) is 13.8. The lowest BCUT2D eigenvalue weighted by Gasteiger charge is -2.11. The summed E-state index contributed by atoms with van der Waals surface area (Å²) in [5.41, 5.74) is 1.34. The Morgan fingerprint density at radius 1 is 1.14 bits per heavy atom. The number of aryl methyl sites for hydroxylation is 1. The van der Waals surface area contributed by atoms with Crippen LogP contribution in [0, 0.1) is 17.0 Å². The molecule has 0 saturated carbocycles. The molecule has 0 atom stereocenters. The molecule has 0 aliphatic heterocycles. The number of carbonyl (C=O) groups excluding carboxylic acids is 2. The first-order valence-corrected chi connectivity index (χ1v) is 8.70. The van der Waals surface area contributed by atoms with Gasteiger partial charge >= 0.3 is 5.97 Å². The molecule has 0 spiro atoms. The van der Waals surface area contributed by atoms with E-state index in [2.05, 4.69) is 6.58 Å². The standard InChI is InChI=1S/C21H21NO7/c1-4-5-15-7-9-19(20(10-15)27-3)28-13-21(24)29-12-18(23)16-8-6-14(2)17(11-16)22(25)26/h4,6-11H,1,5,12-13H2,2-3H3. The van der Waals surface area contributed by atoms with Crippen LogP contribution in [0.15, 0.2) is 49.1 Å². The number of nitro benzene ring substituents is 1. The summed E-state index contributed by atoms with van der Waals surface area (Å²) in [5, 5.41) is 11.0. The number of allylic oxidation sites excluding steroid dienone is 1. The fourth-order valence-corrected chi connectivity index (χ4v) is 2.51. The van der Waals surface area contributed by atoms with Crippen molar-refractivity contribution in [1.82, 2.24) is 0 Å². The molecule has 8 nitrogen and oxygen atoms in total. The molecule has 0 saturated heterocycles. The number of hydrogen-bond acceptors (Lipinski definition) is 7. The number of esters is 1. The van der Waals surface area contributed by atoms with Gasteiger partial charge in [-0.25, -0.2) is 4.79 Å². The first-order valence-electron chi connectivity index (χ1n) is 8.70. The van der Waals surface area contributed by atoms with Gasteiger partial charge in [0.25, 0.3) is 5.69 Å². The molecular weight excluding hydrogens is 378 g/mol. The number of nitrogens with zero attached hydrogens (tertiary/aromatic N) is 1. The molecule has 0 radical (unpaired) electrons. The number of methoxy groups -OCH3 is 1. The van der Waals surface area contributed by atoms with Crippen molar-refractivity contribution in [3.63, 3.8) is 0 Å². The van der Waals surface area contributed by atoms with Crippen molar-refractivity contribution in [2.24, 2.45) is 0 Å². The molecule has 29 heavy (non-hydrogen) atoms. The summed E-state index contributed by atoms with van der Waals surface area (Å²) in [7, 11) is 1.48. The maximum Gasteiger partial charge on any atom is 0.344 e. The maximum atomic E-state index is 12.1. The van der Waals surface area contributed by atoms with E-state index in [1.54, 1.807) is 25.1 Å². The number of carbonyl (C=O) groups is 2. The predicted molar refractivity (Wildman–Crippen MR) is 106 cm³/mol. The van der Waals surface area contributed by atoms with Gasteiger partial charge in [-0.2, -0.15) is 0 Å². The average molecular weight is 399 g/mol. The van der Waals surface area contributed by atoms with Crippen molar-refractivity contribution in [3.05, 3.63) is 75.9 Å². The number of benzene rings is 2. The third-order valence-electron chi connectivity index (χ3n) is 4.05. The lowest BCUT2D eigenvalue weighted by Crippen LogP contribution is -2.19. The molecule has 0 aliphatic rings. The fraction of sp³-hybridized carbons (Fsp3) is 0.238. The summed E-state index contributed by atoms with van der Waals surface area (Å²) in [6.07, 6.45) is 2.42. The molecule has 152 valence electrons. The van der Waals surface area contributed by atoms with E-state index in [-0.39, 0.29) is 11.3 Å². The van der Waals surface area contributed by atoms with Gasteiger partial charge in [-0.15, -0.1) is 6.58 Å². The van der Waals surface area contributed by atoms with E-state index in [1.165, 1.54) is 19.2 Å². The van der Waals surface area contributed by atoms with Gasteiger partial charge in [0.15, 0.2) is 24.7 Å². The highest BCUT2D eigenvalue weighted by Crippen LogP contribution is 2.28. The minimum atomic E-state index is -0.753. The van der Waals surface area contributed by atoms with Crippen LogP contribution in [-0.2, 0) is 16.0 Å². The van der Waals surface area contributed by atoms with Crippen LogP contribution in [0.5, 0.6) is 11.5 Å². The topological polar surface area (TPSA) is 105 Å². The van der Waals surface area contributed by atoms with Gasteiger partial charge in [0, 0.05) is 17.2 Å². The van der Waals surface area contributed by atoms with Crippen LogP contribution in [0.3, 0.4) is 0 Å². The summed E-state index contributed by atoms with van der Waals surface area (Å²) >= 11 is 0. The van der Waals surface area contributed by atoms with E-state index in [1.807, 2.05) is 6.07 Å². The number of ketones is 1. The molecule has 0 bridgehead atoms. The first kappa shape index (κ1) is 21.6. The Hall–Kier alpha value is -3.68. The molecule has 2 aromatic rings. The Morgan fingerprint density at radius 3 is 2.55 bits per heavy atom. The molecular formula is C21H21NO7.